The topological polar surface area (TPSA) is 52.0 Å². The molecule has 0 fully saturated rings. The van der Waals surface area contributed by atoms with E-state index < -0.39 is 0 Å². The Hall–Kier alpha value is -1.59. The van der Waals surface area contributed by atoms with E-state index >= 15 is 0 Å². The molecule has 102 valence electrons. The number of nitrogens with zero attached hydrogens (tertiary/aromatic N) is 3. The van der Waals surface area contributed by atoms with Crippen molar-refractivity contribution in [1.82, 2.24) is 20.1 Å². The number of ether oxygens (including phenoxy) is 1. The van der Waals surface area contributed by atoms with Crippen LogP contribution in [0.1, 0.15) is 18.9 Å². The predicted octanol–water partition coefficient (Wildman–Crippen LogP) is 2.76. The zero-order valence-electron chi connectivity index (χ0n) is 11.1. The number of hydrogen-bond acceptors (Lipinski definition) is 4. The highest BCUT2D eigenvalue weighted by molar-refractivity contribution is 6.31. The van der Waals surface area contributed by atoms with E-state index in [1.54, 1.807) is 23.3 Å². The fourth-order valence-corrected chi connectivity index (χ4v) is 1.84. The number of nitrogens with one attached hydrogen (secondary N) is 1. The van der Waals surface area contributed by atoms with Gasteiger partial charge in [-0.25, -0.2) is 4.98 Å². The van der Waals surface area contributed by atoms with E-state index in [1.807, 2.05) is 13.1 Å². The van der Waals surface area contributed by atoms with Crippen molar-refractivity contribution in [1.29, 1.82) is 0 Å². The summed E-state index contributed by atoms with van der Waals surface area (Å²) in [6, 6.07) is 1.86. The predicted molar refractivity (Wildman–Crippen MR) is 74.5 cm³/mol. The Morgan fingerprint density at radius 2 is 2.26 bits per heavy atom. The number of rotatable bonds is 6. The van der Waals surface area contributed by atoms with Crippen molar-refractivity contribution in [2.24, 2.45) is 7.05 Å². The highest BCUT2D eigenvalue weighted by Gasteiger charge is 2.07. The second-order valence-corrected chi connectivity index (χ2v) is 4.67. The van der Waals surface area contributed by atoms with Crippen LogP contribution in [-0.4, -0.2) is 21.3 Å². The van der Waals surface area contributed by atoms with Crippen LogP contribution in [0.2, 0.25) is 5.02 Å². The maximum absolute atomic E-state index is 6.16. The third-order valence-electron chi connectivity index (χ3n) is 2.52. The van der Waals surface area contributed by atoms with E-state index in [0.717, 1.165) is 25.1 Å². The summed E-state index contributed by atoms with van der Waals surface area (Å²) < 4.78 is 7.22. The second-order valence-electron chi connectivity index (χ2n) is 4.26. The molecule has 0 aliphatic heterocycles. The van der Waals surface area contributed by atoms with Gasteiger partial charge in [0, 0.05) is 19.8 Å². The first-order chi connectivity index (χ1) is 9.19. The van der Waals surface area contributed by atoms with Crippen LogP contribution in [-0.2, 0) is 13.6 Å². The van der Waals surface area contributed by atoms with Gasteiger partial charge in [-0.1, -0.05) is 18.5 Å². The van der Waals surface area contributed by atoms with Crippen LogP contribution in [0.25, 0.3) is 0 Å². The van der Waals surface area contributed by atoms with Crippen molar-refractivity contribution in [2.75, 3.05) is 6.54 Å². The van der Waals surface area contributed by atoms with Crippen molar-refractivity contribution in [3.63, 3.8) is 0 Å². The molecule has 0 radical (unpaired) electrons. The average molecular weight is 281 g/mol. The minimum Gasteiger partial charge on any atom is -0.434 e. The van der Waals surface area contributed by atoms with Crippen LogP contribution < -0.4 is 10.1 Å². The summed E-state index contributed by atoms with van der Waals surface area (Å²) in [7, 11) is 1.82. The van der Waals surface area contributed by atoms with Gasteiger partial charge < -0.3 is 10.1 Å². The molecule has 6 heteroatoms. The van der Waals surface area contributed by atoms with Crippen molar-refractivity contribution in [3.05, 3.63) is 35.2 Å². The van der Waals surface area contributed by atoms with E-state index in [9.17, 15) is 0 Å². The lowest BCUT2D eigenvalue weighted by atomic mass is 10.3. The monoisotopic (exact) mass is 280 g/mol. The quantitative estimate of drug-likeness (QED) is 0.827. The van der Waals surface area contributed by atoms with Crippen LogP contribution in [0.4, 0.5) is 0 Å². The molecular weight excluding hydrogens is 264 g/mol. The van der Waals surface area contributed by atoms with Gasteiger partial charge >= 0.3 is 0 Å². The third-order valence-corrected chi connectivity index (χ3v) is 2.79. The molecule has 0 unspecified atom stereocenters. The summed E-state index contributed by atoms with van der Waals surface area (Å²) in [5, 5.41) is 7.82. The smallest absolute Gasteiger partial charge is 0.238 e. The SMILES string of the molecule is CCCNCc1cnc(Oc2cnn(C)c2)c(Cl)c1. The summed E-state index contributed by atoms with van der Waals surface area (Å²) in [6.45, 7) is 3.86. The molecule has 0 aliphatic rings. The molecule has 0 amide bonds. The van der Waals surface area contributed by atoms with Crippen molar-refractivity contribution in [3.8, 4) is 11.6 Å². The molecule has 1 N–H and O–H groups in total. The van der Waals surface area contributed by atoms with Crippen molar-refractivity contribution in [2.45, 2.75) is 19.9 Å². The summed E-state index contributed by atoms with van der Waals surface area (Å²) >= 11 is 6.16. The molecule has 0 aromatic carbocycles. The summed E-state index contributed by atoms with van der Waals surface area (Å²) in [5.74, 6) is 1.02. The molecule has 0 saturated carbocycles. The molecule has 0 spiro atoms. The molecule has 0 atom stereocenters. The Labute approximate surface area is 117 Å². The van der Waals surface area contributed by atoms with E-state index in [-0.39, 0.29) is 0 Å². The number of pyridine rings is 1. The minimum absolute atomic E-state index is 0.397. The molecule has 2 rings (SSSR count). The van der Waals surface area contributed by atoms with Gasteiger partial charge in [-0.3, -0.25) is 4.68 Å². The summed E-state index contributed by atoms with van der Waals surface area (Å²) in [6.07, 6.45) is 6.24. The van der Waals surface area contributed by atoms with Crippen molar-refractivity contribution >= 4 is 11.6 Å². The molecular formula is C13H17ClN4O. The molecule has 2 aromatic heterocycles. The van der Waals surface area contributed by atoms with Crippen LogP contribution in [0, 0.1) is 0 Å². The van der Waals surface area contributed by atoms with Gasteiger partial charge in [-0.15, -0.1) is 0 Å². The Morgan fingerprint density at radius 3 is 2.89 bits per heavy atom. The standard InChI is InChI=1S/C13H17ClN4O/c1-3-4-15-6-10-5-12(14)13(16-7-10)19-11-8-17-18(2)9-11/h5,7-9,15H,3-4,6H2,1-2H3. The lowest BCUT2D eigenvalue weighted by Crippen LogP contribution is -2.13. The lowest BCUT2D eigenvalue weighted by Gasteiger charge is -2.07. The summed E-state index contributed by atoms with van der Waals surface area (Å²) in [5.41, 5.74) is 1.04. The number of aryl methyl sites for hydroxylation is 1. The molecule has 0 saturated heterocycles. The number of halogens is 1. The first-order valence-corrected chi connectivity index (χ1v) is 6.58. The Balaban J connectivity index is 2.02. The normalized spacial score (nSPS) is 10.7. The molecule has 2 aromatic rings. The van der Waals surface area contributed by atoms with Crippen LogP contribution in [0.3, 0.4) is 0 Å². The van der Waals surface area contributed by atoms with Gasteiger partial charge in [0.2, 0.25) is 5.88 Å². The first-order valence-electron chi connectivity index (χ1n) is 6.20. The molecule has 5 nitrogen and oxygen atoms in total. The van der Waals surface area contributed by atoms with Gasteiger partial charge in [0.1, 0.15) is 5.02 Å². The van der Waals surface area contributed by atoms with Crippen LogP contribution in [0.15, 0.2) is 24.7 Å². The zero-order chi connectivity index (χ0) is 13.7. The fraction of sp³-hybridized carbons (Fsp3) is 0.385. The van der Waals surface area contributed by atoms with Crippen molar-refractivity contribution < 1.29 is 4.74 Å². The molecule has 19 heavy (non-hydrogen) atoms. The minimum atomic E-state index is 0.397. The zero-order valence-corrected chi connectivity index (χ0v) is 11.8. The van der Waals surface area contributed by atoms with Gasteiger partial charge in [0.25, 0.3) is 0 Å². The van der Waals surface area contributed by atoms with Crippen LogP contribution in [0.5, 0.6) is 11.6 Å². The first kappa shape index (κ1) is 13.8. The Bertz CT molecular complexity index is 541. The summed E-state index contributed by atoms with van der Waals surface area (Å²) in [4.78, 5) is 4.23. The highest BCUT2D eigenvalue weighted by Crippen LogP contribution is 2.27. The van der Waals surface area contributed by atoms with Gasteiger partial charge in [-0.05, 0) is 24.6 Å². The van der Waals surface area contributed by atoms with E-state index in [1.165, 1.54) is 0 Å². The largest absolute Gasteiger partial charge is 0.434 e. The number of aromatic nitrogens is 3. The maximum Gasteiger partial charge on any atom is 0.238 e. The van der Waals surface area contributed by atoms with E-state index in [2.05, 4.69) is 22.3 Å². The maximum atomic E-state index is 6.16. The molecule has 0 aliphatic carbocycles. The van der Waals surface area contributed by atoms with Gasteiger partial charge in [0.05, 0.1) is 12.4 Å². The Morgan fingerprint density at radius 1 is 1.42 bits per heavy atom. The van der Waals surface area contributed by atoms with E-state index in [4.69, 9.17) is 16.3 Å². The lowest BCUT2D eigenvalue weighted by molar-refractivity contribution is 0.462. The fourth-order valence-electron chi connectivity index (χ4n) is 1.61. The van der Waals surface area contributed by atoms with Gasteiger partial charge in [-0.2, -0.15) is 5.10 Å². The highest BCUT2D eigenvalue weighted by atomic mass is 35.5. The molecule has 0 bridgehead atoms. The molecule has 2 heterocycles. The second kappa shape index (κ2) is 6.54. The third kappa shape index (κ3) is 3.94. The van der Waals surface area contributed by atoms with Crippen LogP contribution >= 0.6 is 11.6 Å². The Kier molecular flexibility index (Phi) is 4.76. The number of hydrogen-bond donors (Lipinski definition) is 1. The van der Waals surface area contributed by atoms with Gasteiger partial charge in [0.15, 0.2) is 5.75 Å². The average Bonchev–Trinajstić information content (AvgIpc) is 2.79. The van der Waals surface area contributed by atoms with E-state index in [0.29, 0.717) is 16.7 Å².